The van der Waals surface area contributed by atoms with Gasteiger partial charge in [-0.05, 0) is 36.1 Å². The topological polar surface area (TPSA) is 52.3 Å². The third-order valence-electron chi connectivity index (χ3n) is 3.66. The van der Waals surface area contributed by atoms with Gasteiger partial charge in [-0.3, -0.25) is 4.79 Å². The summed E-state index contributed by atoms with van der Waals surface area (Å²) in [6, 6.07) is 15.3. The zero-order chi connectivity index (χ0) is 13.9. The van der Waals surface area contributed by atoms with E-state index in [4.69, 9.17) is 10.5 Å². The second kappa shape index (κ2) is 5.47. The summed E-state index contributed by atoms with van der Waals surface area (Å²) in [6.07, 6.45) is 1.59. The maximum atomic E-state index is 12.1. The molecule has 2 aromatic rings. The zero-order valence-corrected chi connectivity index (χ0v) is 11.2. The molecule has 3 nitrogen and oxygen atoms in total. The molecule has 1 unspecified atom stereocenters. The van der Waals surface area contributed by atoms with Gasteiger partial charge in [-0.15, -0.1) is 0 Å². The van der Waals surface area contributed by atoms with Crippen LogP contribution in [-0.4, -0.2) is 11.8 Å². The summed E-state index contributed by atoms with van der Waals surface area (Å²) in [5.74, 6) is 0.742. The van der Waals surface area contributed by atoms with E-state index in [9.17, 15) is 4.79 Å². The van der Waals surface area contributed by atoms with Crippen LogP contribution in [0.4, 0.5) is 0 Å². The molecule has 2 aromatic carbocycles. The Labute approximate surface area is 118 Å². The molecule has 0 heterocycles. The number of benzene rings is 2. The molecule has 0 radical (unpaired) electrons. The molecule has 3 rings (SSSR count). The summed E-state index contributed by atoms with van der Waals surface area (Å²) in [5, 5.41) is 0. The van der Waals surface area contributed by atoms with Crippen molar-refractivity contribution in [3.8, 4) is 5.75 Å². The average Bonchev–Trinajstić information content (AvgIpc) is 2.50. The SMILES string of the molecule is NC1CCc2ccc(OCc3ccccc3)cc2C1=O. The Kier molecular flexibility index (Phi) is 3.52. The van der Waals surface area contributed by atoms with Gasteiger partial charge in [0.2, 0.25) is 0 Å². The number of Topliss-reactive ketones (excluding diaryl/α,β-unsaturated/α-hetero) is 1. The van der Waals surface area contributed by atoms with Gasteiger partial charge >= 0.3 is 0 Å². The fourth-order valence-electron chi connectivity index (χ4n) is 2.48. The smallest absolute Gasteiger partial charge is 0.179 e. The molecule has 0 saturated carbocycles. The highest BCUT2D eigenvalue weighted by Gasteiger charge is 2.24. The lowest BCUT2D eigenvalue weighted by atomic mass is 9.87. The number of fused-ring (bicyclic) bond motifs is 1. The van der Waals surface area contributed by atoms with Crippen LogP contribution >= 0.6 is 0 Å². The normalized spacial score (nSPS) is 17.6. The van der Waals surface area contributed by atoms with Gasteiger partial charge in [-0.1, -0.05) is 36.4 Å². The van der Waals surface area contributed by atoms with Crippen LogP contribution in [0.5, 0.6) is 5.75 Å². The van der Waals surface area contributed by atoms with Gasteiger partial charge in [-0.2, -0.15) is 0 Å². The Morgan fingerprint density at radius 1 is 1.15 bits per heavy atom. The molecule has 0 spiro atoms. The van der Waals surface area contributed by atoms with E-state index in [1.807, 2.05) is 48.5 Å². The second-order valence-corrected chi connectivity index (χ2v) is 5.10. The zero-order valence-electron chi connectivity index (χ0n) is 11.2. The van der Waals surface area contributed by atoms with Crippen molar-refractivity contribution in [2.24, 2.45) is 5.73 Å². The van der Waals surface area contributed by atoms with Crippen LogP contribution in [0.1, 0.15) is 27.9 Å². The monoisotopic (exact) mass is 267 g/mol. The highest BCUT2D eigenvalue weighted by Crippen LogP contribution is 2.25. The maximum absolute atomic E-state index is 12.1. The van der Waals surface area contributed by atoms with E-state index in [1.165, 1.54) is 0 Å². The van der Waals surface area contributed by atoms with E-state index >= 15 is 0 Å². The summed E-state index contributed by atoms with van der Waals surface area (Å²) >= 11 is 0. The number of nitrogens with two attached hydrogens (primary N) is 1. The molecule has 3 heteroatoms. The fourth-order valence-corrected chi connectivity index (χ4v) is 2.48. The van der Waals surface area contributed by atoms with Crippen LogP contribution in [0.25, 0.3) is 0 Å². The summed E-state index contributed by atoms with van der Waals surface area (Å²) in [6.45, 7) is 0.500. The van der Waals surface area contributed by atoms with Gasteiger partial charge < -0.3 is 10.5 Å². The maximum Gasteiger partial charge on any atom is 0.179 e. The van der Waals surface area contributed by atoms with Gasteiger partial charge in [0.05, 0.1) is 6.04 Å². The summed E-state index contributed by atoms with van der Waals surface area (Å²) in [5.41, 5.74) is 8.71. The molecule has 1 atom stereocenters. The molecule has 0 aliphatic heterocycles. The molecule has 1 aliphatic rings. The van der Waals surface area contributed by atoms with Crippen molar-refractivity contribution in [1.29, 1.82) is 0 Å². The van der Waals surface area contributed by atoms with Gasteiger partial charge in [0.1, 0.15) is 12.4 Å². The number of ether oxygens (including phenoxy) is 1. The molecule has 20 heavy (non-hydrogen) atoms. The first-order valence-corrected chi connectivity index (χ1v) is 6.83. The van der Waals surface area contributed by atoms with Crippen molar-refractivity contribution in [2.45, 2.75) is 25.5 Å². The van der Waals surface area contributed by atoms with Crippen LogP contribution in [0, 0.1) is 0 Å². The molecule has 0 saturated heterocycles. The minimum Gasteiger partial charge on any atom is -0.489 e. The quantitative estimate of drug-likeness (QED) is 0.930. The number of hydrogen-bond acceptors (Lipinski definition) is 3. The van der Waals surface area contributed by atoms with E-state index in [0.29, 0.717) is 12.2 Å². The van der Waals surface area contributed by atoms with Crippen LogP contribution in [0.2, 0.25) is 0 Å². The lowest BCUT2D eigenvalue weighted by molar-refractivity contribution is 0.0948. The number of rotatable bonds is 3. The Morgan fingerprint density at radius 2 is 1.95 bits per heavy atom. The van der Waals surface area contributed by atoms with Gasteiger partial charge in [0.15, 0.2) is 5.78 Å². The standard InChI is InChI=1S/C17H17NO2/c18-16-9-7-13-6-8-14(10-15(13)17(16)19)20-11-12-4-2-1-3-5-12/h1-6,8,10,16H,7,9,11,18H2. The third kappa shape index (κ3) is 2.58. The first-order chi connectivity index (χ1) is 9.74. The van der Waals surface area contributed by atoms with Crippen LogP contribution in [-0.2, 0) is 13.0 Å². The second-order valence-electron chi connectivity index (χ2n) is 5.10. The molecule has 0 fully saturated rings. The van der Waals surface area contributed by atoms with Crippen molar-refractivity contribution >= 4 is 5.78 Å². The Morgan fingerprint density at radius 3 is 2.75 bits per heavy atom. The van der Waals surface area contributed by atoms with E-state index in [1.54, 1.807) is 0 Å². The van der Waals surface area contributed by atoms with E-state index in [2.05, 4.69) is 0 Å². The van der Waals surface area contributed by atoms with Crippen LogP contribution in [0.15, 0.2) is 48.5 Å². The van der Waals surface area contributed by atoms with Gasteiger partial charge in [0, 0.05) is 5.56 Å². The molecule has 1 aliphatic carbocycles. The summed E-state index contributed by atoms with van der Waals surface area (Å²) < 4.78 is 5.75. The minimum atomic E-state index is -0.369. The van der Waals surface area contributed by atoms with E-state index < -0.39 is 0 Å². The largest absolute Gasteiger partial charge is 0.489 e. The van der Waals surface area contributed by atoms with Gasteiger partial charge in [-0.25, -0.2) is 0 Å². The number of carbonyl (C=O) groups is 1. The highest BCUT2D eigenvalue weighted by atomic mass is 16.5. The number of aryl methyl sites for hydroxylation is 1. The van der Waals surface area contributed by atoms with Crippen molar-refractivity contribution < 1.29 is 9.53 Å². The van der Waals surface area contributed by atoms with Crippen molar-refractivity contribution in [3.05, 3.63) is 65.2 Å². The van der Waals surface area contributed by atoms with E-state index in [-0.39, 0.29) is 11.8 Å². The molecule has 0 amide bonds. The van der Waals surface area contributed by atoms with Gasteiger partial charge in [0.25, 0.3) is 0 Å². The Bertz CT molecular complexity index is 622. The Balaban J connectivity index is 1.77. The predicted molar refractivity (Wildman–Crippen MR) is 77.8 cm³/mol. The number of carbonyl (C=O) groups excluding carboxylic acids is 1. The number of ketones is 1. The fraction of sp³-hybridized carbons (Fsp3) is 0.235. The minimum absolute atomic E-state index is 0.0245. The highest BCUT2D eigenvalue weighted by molar-refractivity contribution is 6.02. The third-order valence-corrected chi connectivity index (χ3v) is 3.66. The first kappa shape index (κ1) is 12.9. The lowest BCUT2D eigenvalue weighted by Crippen LogP contribution is -2.35. The van der Waals surface area contributed by atoms with E-state index in [0.717, 1.165) is 29.7 Å². The molecular formula is C17H17NO2. The number of hydrogen-bond donors (Lipinski definition) is 1. The molecule has 0 bridgehead atoms. The molecule has 2 N–H and O–H groups in total. The predicted octanol–water partition coefficient (Wildman–Crippen LogP) is 2.72. The van der Waals surface area contributed by atoms with Crippen molar-refractivity contribution in [1.82, 2.24) is 0 Å². The average molecular weight is 267 g/mol. The molecular weight excluding hydrogens is 250 g/mol. The summed E-state index contributed by atoms with van der Waals surface area (Å²) in [4.78, 5) is 12.1. The van der Waals surface area contributed by atoms with Crippen LogP contribution in [0.3, 0.4) is 0 Å². The van der Waals surface area contributed by atoms with Crippen molar-refractivity contribution in [3.63, 3.8) is 0 Å². The summed E-state index contributed by atoms with van der Waals surface area (Å²) in [7, 11) is 0. The van der Waals surface area contributed by atoms with Crippen molar-refractivity contribution in [2.75, 3.05) is 0 Å². The first-order valence-electron chi connectivity index (χ1n) is 6.83. The lowest BCUT2D eigenvalue weighted by Gasteiger charge is -2.20. The molecule has 0 aromatic heterocycles. The van der Waals surface area contributed by atoms with Crippen LogP contribution < -0.4 is 10.5 Å². The molecule has 102 valence electrons. The Hall–Kier alpha value is -2.13.